The van der Waals surface area contributed by atoms with Crippen LogP contribution in [0.25, 0.3) is 38.6 Å². The molecular formula is C34H31N3O+2. The summed E-state index contributed by atoms with van der Waals surface area (Å²) < 4.78 is 6.68. The highest BCUT2D eigenvalue weighted by Crippen LogP contribution is 2.46. The minimum absolute atomic E-state index is 0.0738. The van der Waals surface area contributed by atoms with Gasteiger partial charge in [0.1, 0.15) is 10.9 Å². The fraction of sp³-hybridized carbons (Fsp3) is 0.206. The number of nitrogens with zero attached hydrogens (tertiary/aromatic N) is 3. The van der Waals surface area contributed by atoms with E-state index >= 15 is 0 Å². The van der Waals surface area contributed by atoms with Gasteiger partial charge in [0.15, 0.2) is 18.8 Å². The number of para-hydroxylation sites is 1. The second-order valence-electron chi connectivity index (χ2n) is 10.8. The fourth-order valence-corrected chi connectivity index (χ4v) is 6.69. The Hall–Kier alpha value is -4.31. The summed E-state index contributed by atoms with van der Waals surface area (Å²) in [5.74, 6) is 0. The van der Waals surface area contributed by atoms with Gasteiger partial charge in [-0.2, -0.15) is 13.5 Å². The first kappa shape index (κ1) is 22.9. The van der Waals surface area contributed by atoms with Crippen molar-refractivity contribution in [3.8, 4) is 11.3 Å². The molecule has 38 heavy (non-hydrogen) atoms. The normalized spacial score (nSPS) is 18.6. The first-order valence-electron chi connectivity index (χ1n) is 13.5. The number of benzene rings is 3. The topological polar surface area (TPSA) is 30.0 Å². The molecule has 6 aromatic rings. The van der Waals surface area contributed by atoms with Crippen molar-refractivity contribution < 1.29 is 8.97 Å². The highest BCUT2D eigenvalue weighted by molar-refractivity contribution is 5.97. The van der Waals surface area contributed by atoms with Crippen molar-refractivity contribution >= 4 is 27.3 Å². The summed E-state index contributed by atoms with van der Waals surface area (Å²) in [6.45, 7) is 7.45. The standard InChI is InChI=1S/C34H31N3O/c1-4-34(3)27-16-11-13-24-19-21-36-29-18-8-7-15-26(29)33(38)37(32(36)31(24)27)30(34)22-35-20-10-9-17-28(35)25-14-6-5-12-23(25)2/h5-21,30H,4,22H2,1-3H3/q+2. The zero-order chi connectivity index (χ0) is 26.0. The highest BCUT2D eigenvalue weighted by atomic mass is 16.1. The minimum atomic E-state index is -0.237. The largest absolute Gasteiger partial charge is 0.346 e. The molecule has 3 aromatic carbocycles. The molecule has 0 fully saturated rings. The third-order valence-electron chi connectivity index (χ3n) is 8.92. The molecule has 3 aromatic heterocycles. The van der Waals surface area contributed by atoms with Crippen LogP contribution in [0.5, 0.6) is 0 Å². The van der Waals surface area contributed by atoms with Crippen LogP contribution in [0.4, 0.5) is 0 Å². The van der Waals surface area contributed by atoms with E-state index in [1.807, 2.05) is 18.2 Å². The number of aromatic nitrogens is 3. The van der Waals surface area contributed by atoms with Crippen molar-refractivity contribution in [2.24, 2.45) is 0 Å². The van der Waals surface area contributed by atoms with Gasteiger partial charge in [-0.3, -0.25) is 0 Å². The van der Waals surface area contributed by atoms with Crippen LogP contribution in [-0.4, -0.2) is 4.57 Å². The summed E-state index contributed by atoms with van der Waals surface area (Å²) in [7, 11) is 0. The summed E-state index contributed by atoms with van der Waals surface area (Å²) in [6, 6.07) is 31.7. The Morgan fingerprint density at radius 1 is 0.868 bits per heavy atom. The molecule has 0 saturated carbocycles. The molecule has 0 spiro atoms. The van der Waals surface area contributed by atoms with E-state index in [-0.39, 0.29) is 17.0 Å². The average Bonchev–Trinajstić information content (AvgIpc) is 2.96. The molecule has 1 aliphatic rings. The van der Waals surface area contributed by atoms with Crippen LogP contribution >= 0.6 is 0 Å². The summed E-state index contributed by atoms with van der Waals surface area (Å²) in [5.41, 5.74) is 6.74. The van der Waals surface area contributed by atoms with Crippen LogP contribution in [0.2, 0.25) is 0 Å². The predicted molar refractivity (Wildman–Crippen MR) is 152 cm³/mol. The zero-order valence-corrected chi connectivity index (χ0v) is 22.1. The Morgan fingerprint density at radius 2 is 1.66 bits per heavy atom. The van der Waals surface area contributed by atoms with Gasteiger partial charge < -0.3 is 0 Å². The molecule has 2 atom stereocenters. The summed E-state index contributed by atoms with van der Waals surface area (Å²) in [4.78, 5) is 14.4. The molecule has 7 rings (SSSR count). The Kier molecular flexibility index (Phi) is 5.02. The van der Waals surface area contributed by atoms with Crippen molar-refractivity contribution in [2.75, 3.05) is 0 Å². The van der Waals surface area contributed by atoms with Gasteiger partial charge in [-0.25, -0.2) is 4.79 Å². The van der Waals surface area contributed by atoms with E-state index in [0.717, 1.165) is 23.0 Å². The van der Waals surface area contributed by atoms with E-state index < -0.39 is 0 Å². The molecule has 2 unspecified atom stereocenters. The maximum absolute atomic E-state index is 14.4. The van der Waals surface area contributed by atoms with E-state index in [2.05, 4.69) is 119 Å². The Bertz CT molecular complexity index is 1950. The molecule has 0 aliphatic carbocycles. The fourth-order valence-electron chi connectivity index (χ4n) is 6.69. The van der Waals surface area contributed by atoms with Crippen molar-refractivity contribution in [1.29, 1.82) is 0 Å². The molecule has 4 heterocycles. The number of rotatable bonds is 4. The van der Waals surface area contributed by atoms with E-state index in [9.17, 15) is 4.79 Å². The predicted octanol–water partition coefficient (Wildman–Crippen LogP) is 6.08. The lowest BCUT2D eigenvalue weighted by Gasteiger charge is -2.38. The Labute approximate surface area is 222 Å². The highest BCUT2D eigenvalue weighted by Gasteiger charge is 2.49. The van der Waals surface area contributed by atoms with Gasteiger partial charge >= 0.3 is 5.56 Å². The maximum atomic E-state index is 14.4. The molecule has 0 radical (unpaired) electrons. The van der Waals surface area contributed by atoms with Crippen LogP contribution in [0.3, 0.4) is 0 Å². The molecule has 0 N–H and O–H groups in total. The Morgan fingerprint density at radius 3 is 2.50 bits per heavy atom. The van der Waals surface area contributed by atoms with Gasteiger partial charge in [-0.1, -0.05) is 62.4 Å². The molecule has 0 saturated heterocycles. The molecule has 0 bridgehead atoms. The van der Waals surface area contributed by atoms with Crippen molar-refractivity contribution in [3.63, 3.8) is 0 Å². The van der Waals surface area contributed by atoms with E-state index in [1.165, 1.54) is 33.2 Å². The second kappa shape index (κ2) is 8.35. The molecule has 186 valence electrons. The van der Waals surface area contributed by atoms with Gasteiger partial charge in [0.2, 0.25) is 5.69 Å². The van der Waals surface area contributed by atoms with Crippen molar-refractivity contribution in [2.45, 2.75) is 45.2 Å². The number of hydrogen-bond donors (Lipinski definition) is 0. The molecule has 4 nitrogen and oxygen atoms in total. The number of hydrogen-bond acceptors (Lipinski definition) is 1. The van der Waals surface area contributed by atoms with E-state index in [4.69, 9.17) is 0 Å². The summed E-state index contributed by atoms with van der Waals surface area (Å²) in [5, 5.41) is 3.12. The van der Waals surface area contributed by atoms with Crippen LogP contribution in [0.15, 0.2) is 108 Å². The van der Waals surface area contributed by atoms with Gasteiger partial charge in [-0.05, 0) is 60.2 Å². The van der Waals surface area contributed by atoms with Crippen molar-refractivity contribution in [1.82, 2.24) is 4.57 Å². The SMILES string of the molecule is CCC1(C)c2cccc3cc[n+]4c5ccccc5c(=O)n(c4c23)C1C[n+]1ccccc1-c1ccccc1C. The van der Waals surface area contributed by atoms with E-state index in [1.54, 1.807) is 0 Å². The van der Waals surface area contributed by atoms with Gasteiger partial charge in [0.05, 0.1) is 11.6 Å². The first-order chi connectivity index (χ1) is 18.5. The lowest BCUT2D eigenvalue weighted by Crippen LogP contribution is -2.52. The second-order valence-corrected chi connectivity index (χ2v) is 10.8. The monoisotopic (exact) mass is 497 g/mol. The van der Waals surface area contributed by atoms with Gasteiger partial charge in [0, 0.05) is 23.1 Å². The number of fused-ring (bicyclic) bond motifs is 2. The average molecular weight is 498 g/mol. The van der Waals surface area contributed by atoms with Crippen LogP contribution in [0.1, 0.15) is 37.4 Å². The maximum Gasteiger partial charge on any atom is 0.346 e. The number of aryl methyl sites for hydroxylation is 1. The third kappa shape index (κ3) is 3.06. The van der Waals surface area contributed by atoms with Crippen LogP contribution in [0, 0.1) is 6.92 Å². The molecule has 4 heteroatoms. The van der Waals surface area contributed by atoms with E-state index in [0.29, 0.717) is 6.54 Å². The minimum Gasteiger partial charge on any atom is -0.241 e. The summed E-state index contributed by atoms with van der Waals surface area (Å²) >= 11 is 0. The lowest BCUT2D eigenvalue weighted by molar-refractivity contribution is -0.692. The third-order valence-corrected chi connectivity index (χ3v) is 8.92. The quantitative estimate of drug-likeness (QED) is 0.214. The smallest absolute Gasteiger partial charge is 0.241 e. The number of pyridine rings is 2. The van der Waals surface area contributed by atoms with Gasteiger partial charge in [-0.15, -0.1) is 0 Å². The summed E-state index contributed by atoms with van der Waals surface area (Å²) in [6.07, 6.45) is 5.21. The lowest BCUT2D eigenvalue weighted by atomic mass is 9.70. The molecule has 1 aliphatic heterocycles. The molecular weight excluding hydrogens is 466 g/mol. The first-order valence-corrected chi connectivity index (χ1v) is 13.5. The van der Waals surface area contributed by atoms with Crippen LogP contribution in [-0.2, 0) is 12.0 Å². The van der Waals surface area contributed by atoms with Gasteiger partial charge in [0.25, 0.3) is 5.65 Å². The molecule has 0 amide bonds. The Balaban J connectivity index is 1.58. The van der Waals surface area contributed by atoms with Crippen molar-refractivity contribution in [3.05, 3.63) is 125 Å². The van der Waals surface area contributed by atoms with Crippen LogP contribution < -0.4 is 14.5 Å². The zero-order valence-electron chi connectivity index (χ0n) is 22.1.